The minimum Gasteiger partial charge on any atom is -0.299 e. The van der Waals surface area contributed by atoms with Gasteiger partial charge in [0, 0.05) is 23.4 Å². The summed E-state index contributed by atoms with van der Waals surface area (Å²) in [4.78, 5) is 4.65. The Morgan fingerprint density at radius 2 is 1.53 bits per heavy atom. The number of hydrogen-bond acceptors (Lipinski definition) is 1. The summed E-state index contributed by atoms with van der Waals surface area (Å²) in [5, 5.41) is 0. The van der Waals surface area contributed by atoms with Crippen LogP contribution in [0, 0.1) is 13.8 Å². The van der Waals surface area contributed by atoms with Crippen molar-refractivity contribution in [2.24, 2.45) is 0 Å². The Balaban J connectivity index is 0.00000106. The molecule has 3 aromatic rings. The molecule has 0 saturated carbocycles. The number of halogens is 1. The Hall–Kier alpha value is -2.42. The van der Waals surface area contributed by atoms with Crippen LogP contribution in [0.5, 0.6) is 0 Å². The van der Waals surface area contributed by atoms with Gasteiger partial charge >= 0.3 is 0 Å². The highest BCUT2D eigenvalue weighted by atomic mass is 19.1. The molecule has 0 spiro atoms. The van der Waals surface area contributed by atoms with Crippen molar-refractivity contribution in [3.05, 3.63) is 71.5 Å². The van der Waals surface area contributed by atoms with E-state index in [-0.39, 0.29) is 0 Å². The maximum Gasteiger partial charge on any atom is 0.144 e. The molecular weight excluding hydrogens is 371 g/mol. The highest BCUT2D eigenvalue weighted by Gasteiger charge is 2.34. The molecule has 1 unspecified atom stereocenters. The standard InChI is InChI=1S/C23H27FN2.2C2H6/c1-6-23(5,18(4)24)20-13-8-7-12-19(20)22-25-14-15-26(22)21-16(2)10-9-11-17(21)3;2*1-2/h7-15,18H,6H2,1-5H3;2*1-2H3/t18-,23?;;/m0../s1. The summed E-state index contributed by atoms with van der Waals surface area (Å²) in [5.41, 5.74) is 4.98. The van der Waals surface area contributed by atoms with Gasteiger partial charge in [-0.2, -0.15) is 0 Å². The molecule has 0 aliphatic carbocycles. The van der Waals surface area contributed by atoms with Gasteiger partial charge in [0.05, 0.1) is 5.69 Å². The molecule has 2 atom stereocenters. The molecular formula is C27H39FN2. The Morgan fingerprint density at radius 1 is 0.967 bits per heavy atom. The van der Waals surface area contributed by atoms with Crippen LogP contribution in [0.15, 0.2) is 54.9 Å². The lowest BCUT2D eigenvalue weighted by Crippen LogP contribution is -2.31. The summed E-state index contributed by atoms with van der Waals surface area (Å²) in [6.45, 7) is 17.9. The Bertz CT molecular complexity index is 890. The van der Waals surface area contributed by atoms with Gasteiger partial charge in [-0.1, -0.05) is 84.0 Å². The van der Waals surface area contributed by atoms with Gasteiger partial charge in [-0.3, -0.25) is 4.57 Å². The van der Waals surface area contributed by atoms with Crippen LogP contribution in [0.3, 0.4) is 0 Å². The van der Waals surface area contributed by atoms with Gasteiger partial charge in [0.2, 0.25) is 0 Å². The average molecular weight is 411 g/mol. The summed E-state index contributed by atoms with van der Waals surface area (Å²) in [7, 11) is 0. The van der Waals surface area contributed by atoms with Crippen LogP contribution in [0.1, 0.15) is 71.6 Å². The van der Waals surface area contributed by atoms with E-state index in [2.05, 4.69) is 47.7 Å². The number of aryl methyl sites for hydroxylation is 2. The highest BCUT2D eigenvalue weighted by Crippen LogP contribution is 2.39. The average Bonchev–Trinajstić information content (AvgIpc) is 3.25. The molecule has 2 nitrogen and oxygen atoms in total. The molecule has 2 aromatic carbocycles. The van der Waals surface area contributed by atoms with Gasteiger partial charge in [0.1, 0.15) is 12.0 Å². The van der Waals surface area contributed by atoms with Gasteiger partial charge in [-0.25, -0.2) is 9.37 Å². The van der Waals surface area contributed by atoms with E-state index in [0.29, 0.717) is 0 Å². The third-order valence-corrected chi connectivity index (χ3v) is 5.72. The molecule has 3 rings (SSSR count). The summed E-state index contributed by atoms with van der Waals surface area (Å²) < 4.78 is 16.7. The van der Waals surface area contributed by atoms with E-state index in [1.807, 2.05) is 72.1 Å². The third-order valence-electron chi connectivity index (χ3n) is 5.72. The zero-order chi connectivity index (χ0) is 22.9. The molecule has 0 radical (unpaired) electrons. The molecule has 0 aliphatic rings. The van der Waals surface area contributed by atoms with Crippen LogP contribution in [0.2, 0.25) is 0 Å². The topological polar surface area (TPSA) is 17.8 Å². The predicted octanol–water partition coefficient (Wildman–Crippen LogP) is 8.23. The van der Waals surface area contributed by atoms with Crippen LogP contribution < -0.4 is 0 Å². The fourth-order valence-corrected chi connectivity index (χ4v) is 3.73. The van der Waals surface area contributed by atoms with E-state index in [1.165, 1.54) is 11.1 Å². The minimum atomic E-state index is -0.947. The third kappa shape index (κ3) is 5.00. The second kappa shape index (κ2) is 11.7. The number of imidazole rings is 1. The molecule has 0 fully saturated rings. The summed E-state index contributed by atoms with van der Waals surface area (Å²) in [6, 6.07) is 14.4. The van der Waals surface area contributed by atoms with Gasteiger partial charge < -0.3 is 0 Å². The van der Waals surface area contributed by atoms with Gasteiger partial charge in [-0.05, 0) is 43.9 Å². The molecule has 0 saturated heterocycles. The fourth-order valence-electron chi connectivity index (χ4n) is 3.73. The van der Waals surface area contributed by atoms with Crippen molar-refractivity contribution in [3.8, 4) is 17.1 Å². The van der Waals surface area contributed by atoms with Crippen molar-refractivity contribution < 1.29 is 4.39 Å². The molecule has 1 heterocycles. The lowest BCUT2D eigenvalue weighted by molar-refractivity contribution is 0.214. The second-order valence-electron chi connectivity index (χ2n) is 7.29. The first kappa shape index (κ1) is 25.6. The SMILES string of the molecule is CC.CC.CCC(C)(c1ccccc1-c1nccn1-c1c(C)cccc1C)[C@H](C)F. The zero-order valence-electron chi connectivity index (χ0n) is 20.3. The van der Waals surface area contributed by atoms with E-state index >= 15 is 0 Å². The lowest BCUT2D eigenvalue weighted by Gasteiger charge is -2.32. The van der Waals surface area contributed by atoms with E-state index in [0.717, 1.165) is 29.1 Å². The molecule has 0 N–H and O–H groups in total. The number of benzene rings is 2. The van der Waals surface area contributed by atoms with Crippen LogP contribution in [0.25, 0.3) is 17.1 Å². The summed E-state index contributed by atoms with van der Waals surface area (Å²) in [6.07, 6.45) is 3.59. The lowest BCUT2D eigenvalue weighted by atomic mass is 9.74. The van der Waals surface area contributed by atoms with Gasteiger partial charge in [-0.15, -0.1) is 0 Å². The van der Waals surface area contributed by atoms with E-state index in [4.69, 9.17) is 0 Å². The number of para-hydroxylation sites is 1. The minimum absolute atomic E-state index is 0.547. The van der Waals surface area contributed by atoms with Crippen LogP contribution in [-0.4, -0.2) is 15.7 Å². The molecule has 30 heavy (non-hydrogen) atoms. The maximum atomic E-state index is 14.6. The summed E-state index contributed by atoms with van der Waals surface area (Å²) >= 11 is 0. The van der Waals surface area contributed by atoms with Crippen LogP contribution >= 0.6 is 0 Å². The van der Waals surface area contributed by atoms with E-state index in [1.54, 1.807) is 6.92 Å². The number of nitrogens with zero attached hydrogens (tertiary/aromatic N) is 2. The van der Waals surface area contributed by atoms with Gasteiger partial charge in [0.25, 0.3) is 0 Å². The monoisotopic (exact) mass is 410 g/mol. The summed E-state index contributed by atoms with van der Waals surface area (Å²) in [5.74, 6) is 0.860. The Labute approximate surface area is 183 Å². The number of rotatable bonds is 5. The first-order valence-corrected chi connectivity index (χ1v) is 11.2. The quantitative estimate of drug-likeness (QED) is 0.414. The Morgan fingerprint density at radius 3 is 2.07 bits per heavy atom. The van der Waals surface area contributed by atoms with E-state index < -0.39 is 11.6 Å². The van der Waals surface area contributed by atoms with Crippen molar-refractivity contribution in [2.75, 3.05) is 0 Å². The largest absolute Gasteiger partial charge is 0.299 e. The number of alkyl halides is 1. The first-order valence-electron chi connectivity index (χ1n) is 11.2. The van der Waals surface area contributed by atoms with Crippen molar-refractivity contribution in [3.63, 3.8) is 0 Å². The molecule has 0 bridgehead atoms. The predicted molar refractivity (Wildman–Crippen MR) is 129 cm³/mol. The van der Waals surface area contributed by atoms with E-state index in [9.17, 15) is 4.39 Å². The van der Waals surface area contributed by atoms with Crippen LogP contribution in [-0.2, 0) is 5.41 Å². The molecule has 0 aliphatic heterocycles. The first-order chi connectivity index (χ1) is 14.4. The fraction of sp³-hybridized carbons (Fsp3) is 0.444. The maximum absolute atomic E-state index is 14.6. The molecule has 0 amide bonds. The number of hydrogen-bond donors (Lipinski definition) is 0. The van der Waals surface area contributed by atoms with Crippen molar-refractivity contribution in [1.29, 1.82) is 0 Å². The molecule has 1 aromatic heterocycles. The van der Waals surface area contributed by atoms with Crippen molar-refractivity contribution in [1.82, 2.24) is 9.55 Å². The second-order valence-corrected chi connectivity index (χ2v) is 7.29. The smallest absolute Gasteiger partial charge is 0.144 e. The van der Waals surface area contributed by atoms with Crippen molar-refractivity contribution >= 4 is 0 Å². The van der Waals surface area contributed by atoms with Crippen LogP contribution in [0.4, 0.5) is 4.39 Å². The number of aromatic nitrogens is 2. The van der Waals surface area contributed by atoms with Gasteiger partial charge in [0.15, 0.2) is 0 Å². The zero-order valence-corrected chi connectivity index (χ0v) is 20.3. The Kier molecular flexibility index (Phi) is 9.98. The normalized spacial score (nSPS) is 13.3. The van der Waals surface area contributed by atoms with Crippen molar-refractivity contribution in [2.45, 2.75) is 80.3 Å². The molecule has 164 valence electrons. The molecule has 3 heteroatoms. The highest BCUT2D eigenvalue weighted by molar-refractivity contribution is 5.66.